The van der Waals surface area contributed by atoms with Crippen LogP contribution in [-0.2, 0) is 0 Å². The molecule has 5 nitrogen and oxygen atoms in total. The van der Waals surface area contributed by atoms with Crippen LogP contribution in [0.2, 0.25) is 0 Å². The minimum atomic E-state index is -1.04. The summed E-state index contributed by atoms with van der Waals surface area (Å²) in [6.07, 6.45) is -1.65. The number of rotatable bonds is 4. The Labute approximate surface area is 88.5 Å². The summed E-state index contributed by atoms with van der Waals surface area (Å²) < 4.78 is 0. The minimum absolute atomic E-state index is 0.306. The Morgan fingerprint density at radius 1 is 1.20 bits per heavy atom. The molecule has 0 aliphatic carbocycles. The van der Waals surface area contributed by atoms with Gasteiger partial charge in [-0.3, -0.25) is 0 Å². The van der Waals surface area contributed by atoms with Gasteiger partial charge in [-0.2, -0.15) is 0 Å². The number of anilines is 2. The molecule has 0 bridgehead atoms. The molecule has 0 fully saturated rings. The van der Waals surface area contributed by atoms with Crippen LogP contribution in [0.4, 0.5) is 11.4 Å². The third kappa shape index (κ3) is 2.59. The van der Waals surface area contributed by atoms with Crippen molar-refractivity contribution in [1.82, 2.24) is 0 Å². The van der Waals surface area contributed by atoms with Crippen molar-refractivity contribution < 1.29 is 10.2 Å². The maximum absolute atomic E-state index is 9.78. The van der Waals surface area contributed by atoms with Gasteiger partial charge in [0.1, 0.15) is 6.10 Å². The van der Waals surface area contributed by atoms with Gasteiger partial charge in [0.05, 0.1) is 17.5 Å². The molecule has 8 N–H and O–H groups in total. The molecule has 0 amide bonds. The fraction of sp³-hybridized carbons (Fsp3) is 0.400. The molecular formula is C10H17N3O2. The molecule has 0 spiro atoms. The molecule has 1 rings (SSSR count). The molecule has 15 heavy (non-hydrogen) atoms. The normalized spacial score (nSPS) is 14.9. The minimum Gasteiger partial charge on any atom is -0.397 e. The Kier molecular flexibility index (Phi) is 3.90. The monoisotopic (exact) mass is 211 g/mol. The van der Waals surface area contributed by atoms with E-state index in [1.54, 1.807) is 18.2 Å². The first-order valence-corrected chi connectivity index (χ1v) is 4.78. The zero-order chi connectivity index (χ0) is 11.4. The maximum Gasteiger partial charge on any atom is 0.107 e. The second kappa shape index (κ2) is 4.97. The standard InChI is InChI=1S/C10H17N3O2/c11-5-4-8(14)10(15)6-2-1-3-7(12)9(6)13/h1-3,8,10,14-15H,4-5,11-13H2. The van der Waals surface area contributed by atoms with E-state index in [9.17, 15) is 10.2 Å². The highest BCUT2D eigenvalue weighted by Gasteiger charge is 2.20. The molecule has 0 radical (unpaired) electrons. The largest absolute Gasteiger partial charge is 0.397 e. The molecule has 2 unspecified atom stereocenters. The first-order valence-electron chi connectivity index (χ1n) is 4.78. The van der Waals surface area contributed by atoms with Gasteiger partial charge in [0.15, 0.2) is 0 Å². The van der Waals surface area contributed by atoms with Gasteiger partial charge < -0.3 is 27.4 Å². The predicted octanol–water partition coefficient (Wildman–Crippen LogP) is -0.406. The van der Waals surface area contributed by atoms with Crippen LogP contribution in [-0.4, -0.2) is 22.9 Å². The molecule has 0 aliphatic heterocycles. The first kappa shape index (κ1) is 11.8. The van der Waals surface area contributed by atoms with Crippen molar-refractivity contribution in [2.24, 2.45) is 5.73 Å². The SMILES string of the molecule is NCCC(O)C(O)c1cccc(N)c1N. The summed E-state index contributed by atoms with van der Waals surface area (Å²) >= 11 is 0. The van der Waals surface area contributed by atoms with E-state index in [4.69, 9.17) is 17.2 Å². The fourth-order valence-electron chi connectivity index (χ4n) is 1.40. The van der Waals surface area contributed by atoms with Crippen LogP contribution in [0.3, 0.4) is 0 Å². The van der Waals surface area contributed by atoms with Crippen molar-refractivity contribution in [3.8, 4) is 0 Å². The van der Waals surface area contributed by atoms with Gasteiger partial charge in [-0.15, -0.1) is 0 Å². The van der Waals surface area contributed by atoms with E-state index < -0.39 is 12.2 Å². The van der Waals surface area contributed by atoms with Gasteiger partial charge >= 0.3 is 0 Å². The van der Waals surface area contributed by atoms with Crippen molar-refractivity contribution in [3.63, 3.8) is 0 Å². The lowest BCUT2D eigenvalue weighted by Gasteiger charge is -2.19. The summed E-state index contributed by atoms with van der Waals surface area (Å²) in [5.74, 6) is 0. The first-order chi connectivity index (χ1) is 7.07. The highest BCUT2D eigenvalue weighted by atomic mass is 16.3. The topological polar surface area (TPSA) is 119 Å². The maximum atomic E-state index is 9.78. The third-order valence-corrected chi connectivity index (χ3v) is 2.32. The Morgan fingerprint density at radius 3 is 2.47 bits per heavy atom. The lowest BCUT2D eigenvalue weighted by molar-refractivity contribution is 0.0155. The number of benzene rings is 1. The smallest absolute Gasteiger partial charge is 0.107 e. The fourth-order valence-corrected chi connectivity index (χ4v) is 1.40. The van der Waals surface area contributed by atoms with E-state index >= 15 is 0 Å². The molecule has 1 aromatic carbocycles. The third-order valence-electron chi connectivity index (χ3n) is 2.32. The van der Waals surface area contributed by atoms with Crippen molar-refractivity contribution in [2.45, 2.75) is 18.6 Å². The number of nitrogen functional groups attached to an aromatic ring is 2. The molecular weight excluding hydrogens is 194 g/mol. The quantitative estimate of drug-likeness (QED) is 0.434. The van der Waals surface area contributed by atoms with Crippen LogP contribution in [0.1, 0.15) is 18.1 Å². The molecule has 2 atom stereocenters. The van der Waals surface area contributed by atoms with Gasteiger partial charge in [-0.05, 0) is 19.0 Å². The summed E-state index contributed by atoms with van der Waals surface area (Å²) in [7, 11) is 0. The van der Waals surface area contributed by atoms with Crippen molar-refractivity contribution in [2.75, 3.05) is 18.0 Å². The zero-order valence-electron chi connectivity index (χ0n) is 8.43. The molecule has 0 saturated heterocycles. The summed E-state index contributed by atoms with van der Waals surface area (Å²) in [5, 5.41) is 19.3. The number of hydrogen-bond acceptors (Lipinski definition) is 5. The Bertz CT molecular complexity index is 330. The summed E-state index contributed by atoms with van der Waals surface area (Å²) in [5.41, 5.74) is 17.7. The van der Waals surface area contributed by atoms with Gasteiger partial charge in [0.25, 0.3) is 0 Å². The van der Waals surface area contributed by atoms with Crippen LogP contribution in [0.15, 0.2) is 18.2 Å². The number of hydrogen-bond donors (Lipinski definition) is 5. The summed E-state index contributed by atoms with van der Waals surface area (Å²) in [6, 6.07) is 4.95. The van der Waals surface area contributed by atoms with Crippen LogP contribution in [0.5, 0.6) is 0 Å². The second-order valence-electron chi connectivity index (χ2n) is 3.44. The number of para-hydroxylation sites is 1. The summed E-state index contributed by atoms with van der Waals surface area (Å²) in [6.45, 7) is 0.306. The average Bonchev–Trinajstić information content (AvgIpc) is 2.21. The average molecular weight is 211 g/mol. The van der Waals surface area contributed by atoms with Crippen molar-refractivity contribution >= 4 is 11.4 Å². The molecule has 0 aromatic heterocycles. The Hall–Kier alpha value is -1.30. The van der Waals surface area contributed by atoms with E-state index in [1.165, 1.54) is 0 Å². The van der Waals surface area contributed by atoms with E-state index in [2.05, 4.69) is 0 Å². The van der Waals surface area contributed by atoms with E-state index in [0.717, 1.165) is 0 Å². The Morgan fingerprint density at radius 2 is 1.87 bits per heavy atom. The summed E-state index contributed by atoms with van der Waals surface area (Å²) in [4.78, 5) is 0. The molecule has 5 heteroatoms. The highest BCUT2D eigenvalue weighted by Crippen LogP contribution is 2.28. The lowest BCUT2D eigenvalue weighted by Crippen LogP contribution is -2.22. The van der Waals surface area contributed by atoms with Crippen LogP contribution in [0, 0.1) is 0 Å². The molecule has 84 valence electrons. The molecule has 0 saturated carbocycles. The van der Waals surface area contributed by atoms with Crippen LogP contribution in [0.25, 0.3) is 0 Å². The van der Waals surface area contributed by atoms with Gasteiger partial charge in [0, 0.05) is 5.56 Å². The molecule has 0 aliphatic rings. The van der Waals surface area contributed by atoms with E-state index in [0.29, 0.717) is 29.9 Å². The zero-order valence-corrected chi connectivity index (χ0v) is 8.43. The van der Waals surface area contributed by atoms with E-state index in [-0.39, 0.29) is 0 Å². The number of aliphatic hydroxyl groups excluding tert-OH is 2. The van der Waals surface area contributed by atoms with Gasteiger partial charge in [0.2, 0.25) is 0 Å². The number of aliphatic hydroxyl groups is 2. The molecule has 0 heterocycles. The van der Waals surface area contributed by atoms with Crippen LogP contribution >= 0.6 is 0 Å². The highest BCUT2D eigenvalue weighted by molar-refractivity contribution is 5.67. The second-order valence-corrected chi connectivity index (χ2v) is 3.44. The van der Waals surface area contributed by atoms with Crippen molar-refractivity contribution in [1.29, 1.82) is 0 Å². The predicted molar refractivity (Wildman–Crippen MR) is 59.9 cm³/mol. The van der Waals surface area contributed by atoms with Gasteiger partial charge in [-0.1, -0.05) is 12.1 Å². The lowest BCUT2D eigenvalue weighted by atomic mass is 10.00. The number of nitrogens with two attached hydrogens (primary N) is 3. The van der Waals surface area contributed by atoms with E-state index in [1.807, 2.05) is 0 Å². The van der Waals surface area contributed by atoms with Gasteiger partial charge in [-0.25, -0.2) is 0 Å². The molecule has 1 aromatic rings. The van der Waals surface area contributed by atoms with Crippen molar-refractivity contribution in [3.05, 3.63) is 23.8 Å². The van der Waals surface area contributed by atoms with Crippen LogP contribution < -0.4 is 17.2 Å². The Balaban J connectivity index is 2.90.